The Balaban J connectivity index is 2.49. The number of fused-ring (bicyclic) bond motifs is 1. The van der Waals surface area contributed by atoms with Gasteiger partial charge in [0.1, 0.15) is 24.4 Å². The molecule has 13 heteroatoms. The summed E-state index contributed by atoms with van der Waals surface area (Å²) < 4.78 is 75.2. The van der Waals surface area contributed by atoms with Crippen molar-refractivity contribution in [3.8, 4) is 0 Å². The van der Waals surface area contributed by atoms with Gasteiger partial charge in [-0.25, -0.2) is 9.78 Å². The first-order valence-electron chi connectivity index (χ1n) is 6.82. The number of nitrogens with zero attached hydrogens (tertiary/aromatic N) is 3. The minimum atomic E-state index is -4.81. The summed E-state index contributed by atoms with van der Waals surface area (Å²) in [5.74, 6) is -1.26. The van der Waals surface area contributed by atoms with Crippen LogP contribution >= 0.6 is 0 Å². The third-order valence-corrected chi connectivity index (χ3v) is 3.26. The van der Waals surface area contributed by atoms with Crippen LogP contribution in [-0.2, 0) is 24.6 Å². The van der Waals surface area contributed by atoms with E-state index >= 15 is 0 Å². The molecule has 26 heavy (non-hydrogen) atoms. The standard InChI is InChI=1S/C13H10F6N4O3/c1-22-9-6(2-3-7(21-9)13(17,18)19)10(25)23(11(22)26)4-8(24)20-5-12(14,15)16/h2-3H,4-5H2,1H3,(H,20,24). The summed E-state index contributed by atoms with van der Waals surface area (Å²) in [6, 6.07) is 1.29. The van der Waals surface area contributed by atoms with E-state index in [1.807, 2.05) is 0 Å². The first kappa shape index (κ1) is 19.5. The van der Waals surface area contributed by atoms with Crippen molar-refractivity contribution in [2.24, 2.45) is 7.05 Å². The van der Waals surface area contributed by atoms with E-state index in [1.165, 1.54) is 5.32 Å². The lowest BCUT2D eigenvalue weighted by atomic mass is 10.2. The molecule has 142 valence electrons. The number of pyridine rings is 1. The summed E-state index contributed by atoms with van der Waals surface area (Å²) >= 11 is 0. The van der Waals surface area contributed by atoms with Gasteiger partial charge in [-0.2, -0.15) is 26.3 Å². The molecule has 0 saturated carbocycles. The van der Waals surface area contributed by atoms with Gasteiger partial charge >= 0.3 is 18.0 Å². The van der Waals surface area contributed by atoms with E-state index in [9.17, 15) is 40.7 Å². The first-order valence-corrected chi connectivity index (χ1v) is 6.82. The van der Waals surface area contributed by atoms with Crippen LogP contribution in [0.3, 0.4) is 0 Å². The Morgan fingerprint density at radius 1 is 1.15 bits per heavy atom. The Morgan fingerprint density at radius 2 is 1.77 bits per heavy atom. The van der Waals surface area contributed by atoms with Crippen molar-refractivity contribution >= 4 is 16.9 Å². The molecule has 2 heterocycles. The molecular weight excluding hydrogens is 374 g/mol. The van der Waals surface area contributed by atoms with Crippen molar-refractivity contribution in [3.05, 3.63) is 38.7 Å². The van der Waals surface area contributed by atoms with Crippen molar-refractivity contribution in [1.29, 1.82) is 0 Å². The fourth-order valence-electron chi connectivity index (χ4n) is 2.07. The minimum absolute atomic E-state index is 0.309. The van der Waals surface area contributed by atoms with Gasteiger partial charge in [-0.15, -0.1) is 0 Å². The second-order valence-corrected chi connectivity index (χ2v) is 5.19. The van der Waals surface area contributed by atoms with Crippen LogP contribution in [0.5, 0.6) is 0 Å². The second kappa shape index (κ2) is 6.46. The van der Waals surface area contributed by atoms with Gasteiger partial charge in [-0.1, -0.05) is 0 Å². The molecule has 0 aliphatic carbocycles. The van der Waals surface area contributed by atoms with Crippen molar-refractivity contribution < 1.29 is 31.1 Å². The lowest BCUT2D eigenvalue weighted by Gasteiger charge is -2.12. The average molecular weight is 384 g/mol. The third kappa shape index (κ3) is 4.03. The highest BCUT2D eigenvalue weighted by Gasteiger charge is 2.33. The second-order valence-electron chi connectivity index (χ2n) is 5.19. The molecule has 0 aliphatic rings. The number of carbonyl (C=O) groups is 1. The van der Waals surface area contributed by atoms with Gasteiger partial charge in [0.05, 0.1) is 5.39 Å². The van der Waals surface area contributed by atoms with Crippen LogP contribution in [0.2, 0.25) is 0 Å². The Hall–Kier alpha value is -2.86. The fourth-order valence-corrected chi connectivity index (χ4v) is 2.07. The SMILES string of the molecule is Cn1c(=O)n(CC(=O)NCC(F)(F)F)c(=O)c2ccc(C(F)(F)F)nc21. The first-order chi connectivity index (χ1) is 11.8. The molecule has 0 fully saturated rings. The highest BCUT2D eigenvalue weighted by molar-refractivity contribution is 5.77. The van der Waals surface area contributed by atoms with E-state index in [0.717, 1.165) is 13.1 Å². The van der Waals surface area contributed by atoms with Gasteiger partial charge in [0.15, 0.2) is 0 Å². The molecule has 0 bridgehead atoms. The zero-order chi connectivity index (χ0) is 19.9. The van der Waals surface area contributed by atoms with E-state index in [0.29, 0.717) is 15.2 Å². The topological polar surface area (TPSA) is 86.0 Å². The van der Waals surface area contributed by atoms with Gasteiger partial charge in [0, 0.05) is 7.05 Å². The largest absolute Gasteiger partial charge is 0.433 e. The van der Waals surface area contributed by atoms with Crippen LogP contribution < -0.4 is 16.6 Å². The number of carbonyl (C=O) groups excluding carboxylic acids is 1. The minimum Gasteiger partial charge on any atom is -0.345 e. The van der Waals surface area contributed by atoms with Crippen molar-refractivity contribution in [2.45, 2.75) is 18.9 Å². The summed E-state index contributed by atoms with van der Waals surface area (Å²) in [7, 11) is 1.02. The van der Waals surface area contributed by atoms with Gasteiger partial charge < -0.3 is 5.32 Å². The van der Waals surface area contributed by atoms with Crippen LogP contribution in [0.25, 0.3) is 11.0 Å². The Bertz CT molecular complexity index is 973. The summed E-state index contributed by atoms with van der Waals surface area (Å²) in [5, 5.41) is 1.09. The molecule has 0 aromatic carbocycles. The Labute approximate surface area is 139 Å². The number of alkyl halides is 6. The monoisotopic (exact) mass is 384 g/mol. The van der Waals surface area contributed by atoms with Gasteiger partial charge in [0.25, 0.3) is 5.56 Å². The molecule has 0 spiro atoms. The van der Waals surface area contributed by atoms with Crippen LogP contribution in [0.15, 0.2) is 21.7 Å². The number of halogens is 6. The highest BCUT2D eigenvalue weighted by Crippen LogP contribution is 2.28. The molecule has 1 N–H and O–H groups in total. The smallest absolute Gasteiger partial charge is 0.345 e. The highest BCUT2D eigenvalue weighted by atomic mass is 19.4. The van der Waals surface area contributed by atoms with Crippen LogP contribution in [0.4, 0.5) is 26.3 Å². The number of aryl methyl sites for hydroxylation is 1. The third-order valence-electron chi connectivity index (χ3n) is 3.26. The Kier molecular flexibility index (Phi) is 4.84. The number of aromatic nitrogens is 3. The molecule has 2 aromatic heterocycles. The molecule has 2 aromatic rings. The number of amides is 1. The van der Waals surface area contributed by atoms with Crippen molar-refractivity contribution in [2.75, 3.05) is 6.54 Å². The molecule has 0 atom stereocenters. The maximum atomic E-state index is 12.7. The van der Waals surface area contributed by atoms with Crippen molar-refractivity contribution in [3.63, 3.8) is 0 Å². The van der Waals surface area contributed by atoms with E-state index < -0.39 is 59.3 Å². The Morgan fingerprint density at radius 3 is 2.31 bits per heavy atom. The zero-order valence-electron chi connectivity index (χ0n) is 12.9. The molecule has 1 amide bonds. The number of hydrogen-bond donors (Lipinski definition) is 1. The van der Waals surface area contributed by atoms with Gasteiger partial charge in [0.2, 0.25) is 5.91 Å². The molecular formula is C13H10F6N4O3. The quantitative estimate of drug-likeness (QED) is 0.793. The molecule has 2 rings (SSSR count). The van der Waals surface area contributed by atoms with Crippen molar-refractivity contribution in [1.82, 2.24) is 19.4 Å². The number of hydrogen-bond acceptors (Lipinski definition) is 4. The average Bonchev–Trinajstić information content (AvgIpc) is 2.53. The maximum Gasteiger partial charge on any atom is 0.433 e. The fraction of sp³-hybridized carbons (Fsp3) is 0.385. The predicted octanol–water partition coefficient (Wildman–Crippen LogP) is 0.792. The predicted molar refractivity (Wildman–Crippen MR) is 75.3 cm³/mol. The van der Waals surface area contributed by atoms with E-state index in [-0.39, 0.29) is 0 Å². The summed E-state index contributed by atoms with van der Waals surface area (Å²) in [5.41, 5.74) is -4.25. The molecule has 0 saturated heterocycles. The maximum absolute atomic E-state index is 12.7. The zero-order valence-corrected chi connectivity index (χ0v) is 12.9. The molecule has 0 unspecified atom stereocenters. The van der Waals surface area contributed by atoms with Crippen LogP contribution in [0.1, 0.15) is 5.69 Å². The number of nitrogens with one attached hydrogen (secondary N) is 1. The van der Waals surface area contributed by atoms with Crippen LogP contribution in [0, 0.1) is 0 Å². The molecule has 0 aliphatic heterocycles. The summed E-state index contributed by atoms with van der Waals surface area (Å²) in [4.78, 5) is 39.1. The summed E-state index contributed by atoms with van der Waals surface area (Å²) in [6.07, 6.45) is -9.50. The lowest BCUT2D eigenvalue weighted by Crippen LogP contribution is -2.44. The summed E-state index contributed by atoms with van der Waals surface area (Å²) in [6.45, 7) is -2.69. The van der Waals surface area contributed by atoms with Crippen LogP contribution in [-0.4, -0.2) is 32.7 Å². The van der Waals surface area contributed by atoms with E-state index in [1.54, 1.807) is 0 Å². The molecule has 7 nitrogen and oxygen atoms in total. The lowest BCUT2D eigenvalue weighted by molar-refractivity contribution is -0.141. The molecule has 0 radical (unpaired) electrons. The van der Waals surface area contributed by atoms with E-state index in [4.69, 9.17) is 0 Å². The van der Waals surface area contributed by atoms with Gasteiger partial charge in [-0.3, -0.25) is 18.7 Å². The van der Waals surface area contributed by atoms with Gasteiger partial charge in [-0.05, 0) is 12.1 Å². The number of rotatable bonds is 3. The normalized spacial score (nSPS) is 12.4. The van der Waals surface area contributed by atoms with E-state index in [2.05, 4.69) is 4.98 Å².